The van der Waals surface area contributed by atoms with Gasteiger partial charge in [-0.2, -0.15) is 0 Å². The summed E-state index contributed by atoms with van der Waals surface area (Å²) >= 11 is 0. The van der Waals surface area contributed by atoms with Crippen LogP contribution in [-0.4, -0.2) is 49.3 Å². The molecule has 0 fully saturated rings. The van der Waals surface area contributed by atoms with Crippen molar-refractivity contribution >= 4 is 21.9 Å². The van der Waals surface area contributed by atoms with Gasteiger partial charge >= 0.3 is 5.97 Å². The zero-order valence-electron chi connectivity index (χ0n) is 10.3. The molecule has 8 nitrogen and oxygen atoms in total. The van der Waals surface area contributed by atoms with Crippen molar-refractivity contribution < 1.29 is 23.1 Å². The van der Waals surface area contributed by atoms with Crippen LogP contribution in [0.5, 0.6) is 0 Å². The number of aromatic carboxylic acids is 1. The second-order valence-electron chi connectivity index (χ2n) is 3.84. The van der Waals surface area contributed by atoms with Gasteiger partial charge in [0, 0.05) is 19.3 Å². The summed E-state index contributed by atoms with van der Waals surface area (Å²) in [6, 6.07) is 2.92. The molecule has 0 atom stereocenters. The number of hydrogen-bond donors (Lipinski definition) is 3. The molecule has 0 aliphatic carbocycles. The lowest BCUT2D eigenvalue weighted by Crippen LogP contribution is -2.36. The molecule has 0 aliphatic heterocycles. The molecule has 106 valence electrons. The van der Waals surface area contributed by atoms with Crippen molar-refractivity contribution in [3.05, 3.63) is 24.0 Å². The highest BCUT2D eigenvalue weighted by atomic mass is 32.2. The second kappa shape index (κ2) is 6.34. The highest BCUT2D eigenvalue weighted by Gasteiger charge is 2.11. The zero-order valence-corrected chi connectivity index (χ0v) is 11.1. The third-order valence-electron chi connectivity index (χ3n) is 2.17. The quantitative estimate of drug-likeness (QED) is 0.548. The molecule has 0 aromatic carbocycles. The second-order valence-corrected chi connectivity index (χ2v) is 5.68. The number of carboxylic acids is 1. The maximum absolute atomic E-state index is 11.5. The van der Waals surface area contributed by atoms with Gasteiger partial charge in [-0.15, -0.1) is 0 Å². The Kier molecular flexibility index (Phi) is 5.07. The van der Waals surface area contributed by atoms with Crippen molar-refractivity contribution in [3.63, 3.8) is 0 Å². The molecule has 9 heteroatoms. The first-order chi connectivity index (χ1) is 8.79. The molecular weight excluding hydrogens is 274 g/mol. The predicted octanol–water partition coefficient (Wildman–Crippen LogP) is -1.15. The van der Waals surface area contributed by atoms with E-state index in [1.54, 1.807) is 0 Å². The average molecular weight is 289 g/mol. The number of hydrogen-bond acceptors (Lipinski definition) is 4. The molecule has 3 N–H and O–H groups in total. The minimum atomic E-state index is -3.27. The van der Waals surface area contributed by atoms with E-state index in [0.29, 0.717) is 0 Å². The van der Waals surface area contributed by atoms with E-state index in [-0.39, 0.29) is 25.3 Å². The molecule has 0 unspecified atom stereocenters. The minimum absolute atomic E-state index is 0.0180. The van der Waals surface area contributed by atoms with Gasteiger partial charge in [0.15, 0.2) is 0 Å². The van der Waals surface area contributed by atoms with E-state index in [2.05, 4.69) is 10.0 Å². The number of carboxylic acid groups (broad SMARTS) is 1. The van der Waals surface area contributed by atoms with E-state index in [4.69, 9.17) is 5.11 Å². The first-order valence-electron chi connectivity index (χ1n) is 5.39. The minimum Gasteiger partial charge on any atom is -0.477 e. The van der Waals surface area contributed by atoms with E-state index in [9.17, 15) is 18.0 Å². The van der Waals surface area contributed by atoms with E-state index in [1.165, 1.54) is 22.9 Å². The van der Waals surface area contributed by atoms with Crippen molar-refractivity contribution in [2.75, 3.05) is 19.3 Å². The van der Waals surface area contributed by atoms with Gasteiger partial charge in [0.05, 0.1) is 6.26 Å². The Bertz CT molecular complexity index is 563. The number of aromatic nitrogens is 1. The number of nitrogens with one attached hydrogen (secondary N) is 2. The molecule has 0 spiro atoms. The van der Waals surface area contributed by atoms with Crippen molar-refractivity contribution in [1.29, 1.82) is 0 Å². The number of sulfonamides is 1. The largest absolute Gasteiger partial charge is 0.477 e. The first kappa shape index (κ1) is 15.2. The van der Waals surface area contributed by atoms with Crippen molar-refractivity contribution in [2.45, 2.75) is 6.54 Å². The summed E-state index contributed by atoms with van der Waals surface area (Å²) in [6.07, 6.45) is 2.51. The maximum Gasteiger partial charge on any atom is 0.352 e. The van der Waals surface area contributed by atoms with Gasteiger partial charge in [0.25, 0.3) is 0 Å². The normalized spacial score (nSPS) is 11.2. The van der Waals surface area contributed by atoms with Gasteiger partial charge in [-0.3, -0.25) is 4.79 Å². The summed E-state index contributed by atoms with van der Waals surface area (Å²) in [5.74, 6) is -1.51. The Morgan fingerprint density at radius 3 is 2.63 bits per heavy atom. The fraction of sp³-hybridized carbons (Fsp3) is 0.400. The Morgan fingerprint density at radius 1 is 1.37 bits per heavy atom. The van der Waals surface area contributed by atoms with E-state index in [0.717, 1.165) is 6.26 Å². The molecule has 0 saturated carbocycles. The molecule has 1 amide bonds. The Hall–Kier alpha value is -1.87. The molecule has 1 aromatic rings. The Balaban J connectivity index is 2.39. The third-order valence-corrected chi connectivity index (χ3v) is 2.90. The lowest BCUT2D eigenvalue weighted by molar-refractivity contribution is -0.121. The molecule has 1 heterocycles. The van der Waals surface area contributed by atoms with Crippen LogP contribution in [0.3, 0.4) is 0 Å². The van der Waals surface area contributed by atoms with E-state index >= 15 is 0 Å². The lowest BCUT2D eigenvalue weighted by atomic mass is 10.4. The summed E-state index contributed by atoms with van der Waals surface area (Å²) in [5.41, 5.74) is 0.0180. The van der Waals surface area contributed by atoms with Crippen molar-refractivity contribution in [2.24, 2.45) is 0 Å². The summed E-state index contributed by atoms with van der Waals surface area (Å²) in [5, 5.41) is 11.3. The molecule has 1 aromatic heterocycles. The van der Waals surface area contributed by atoms with Crippen LogP contribution in [0.1, 0.15) is 10.5 Å². The maximum atomic E-state index is 11.5. The van der Waals surface area contributed by atoms with Crippen LogP contribution in [0.25, 0.3) is 0 Å². The van der Waals surface area contributed by atoms with Crippen LogP contribution >= 0.6 is 0 Å². The Morgan fingerprint density at radius 2 is 2.05 bits per heavy atom. The third kappa shape index (κ3) is 5.53. The van der Waals surface area contributed by atoms with Gasteiger partial charge in [0.1, 0.15) is 12.2 Å². The van der Waals surface area contributed by atoms with Crippen LogP contribution in [-0.2, 0) is 21.4 Å². The van der Waals surface area contributed by atoms with Crippen molar-refractivity contribution in [1.82, 2.24) is 14.6 Å². The number of amides is 1. The molecule has 1 rings (SSSR count). The lowest BCUT2D eigenvalue weighted by Gasteiger charge is -2.08. The van der Waals surface area contributed by atoms with Crippen LogP contribution in [0, 0.1) is 0 Å². The van der Waals surface area contributed by atoms with Gasteiger partial charge in [-0.25, -0.2) is 17.9 Å². The van der Waals surface area contributed by atoms with Gasteiger partial charge < -0.3 is 15.0 Å². The number of carbonyl (C=O) groups excluding carboxylic acids is 1. The molecule has 0 aliphatic rings. The number of rotatable bonds is 7. The smallest absolute Gasteiger partial charge is 0.352 e. The van der Waals surface area contributed by atoms with E-state index in [1.807, 2.05) is 0 Å². The average Bonchev–Trinajstić information content (AvgIpc) is 2.71. The molecule has 0 saturated heterocycles. The fourth-order valence-electron chi connectivity index (χ4n) is 1.40. The molecule has 0 bridgehead atoms. The summed E-state index contributed by atoms with van der Waals surface area (Å²) < 4.78 is 25.0. The topological polar surface area (TPSA) is 118 Å². The van der Waals surface area contributed by atoms with Crippen molar-refractivity contribution in [3.8, 4) is 0 Å². The van der Waals surface area contributed by atoms with Crippen LogP contribution < -0.4 is 10.0 Å². The van der Waals surface area contributed by atoms with Crippen LogP contribution in [0.15, 0.2) is 18.3 Å². The van der Waals surface area contributed by atoms with Crippen LogP contribution in [0.2, 0.25) is 0 Å². The van der Waals surface area contributed by atoms with Gasteiger partial charge in [0.2, 0.25) is 15.9 Å². The summed E-state index contributed by atoms with van der Waals surface area (Å²) in [4.78, 5) is 22.3. The number of carbonyl (C=O) groups is 2. The summed E-state index contributed by atoms with van der Waals surface area (Å²) in [7, 11) is -3.27. The van der Waals surface area contributed by atoms with Gasteiger partial charge in [-0.1, -0.05) is 0 Å². The highest BCUT2D eigenvalue weighted by Crippen LogP contribution is 2.01. The Labute approximate surface area is 110 Å². The standard InChI is InChI=1S/C10H15N3O5S/c1-19(17,18)12-5-4-11-9(14)7-13-6-2-3-8(13)10(15)16/h2-3,6,12H,4-5,7H2,1H3,(H,11,14)(H,15,16). The van der Waals surface area contributed by atoms with Gasteiger partial charge in [-0.05, 0) is 12.1 Å². The van der Waals surface area contributed by atoms with Crippen LogP contribution in [0.4, 0.5) is 0 Å². The summed E-state index contributed by atoms with van der Waals surface area (Å²) in [6.45, 7) is 0.0884. The highest BCUT2D eigenvalue weighted by molar-refractivity contribution is 7.88. The zero-order chi connectivity index (χ0) is 14.5. The fourth-order valence-corrected chi connectivity index (χ4v) is 1.87. The SMILES string of the molecule is CS(=O)(=O)NCCNC(=O)Cn1cccc1C(=O)O. The number of nitrogens with zero attached hydrogens (tertiary/aromatic N) is 1. The molecule has 0 radical (unpaired) electrons. The predicted molar refractivity (Wildman–Crippen MR) is 67.2 cm³/mol. The van der Waals surface area contributed by atoms with E-state index < -0.39 is 21.9 Å². The molecular formula is C10H15N3O5S. The first-order valence-corrected chi connectivity index (χ1v) is 7.28. The molecule has 19 heavy (non-hydrogen) atoms. The monoisotopic (exact) mass is 289 g/mol.